The highest BCUT2D eigenvalue weighted by atomic mass is 32.2. The number of hydrogen-bond acceptors (Lipinski definition) is 4. The highest BCUT2D eigenvalue weighted by molar-refractivity contribution is 7.85. The third-order valence-electron chi connectivity index (χ3n) is 6.52. The second-order valence-electron chi connectivity index (χ2n) is 10.7. The van der Waals surface area contributed by atoms with Gasteiger partial charge >= 0.3 is 0 Å². The van der Waals surface area contributed by atoms with Crippen LogP contribution in [0.2, 0.25) is 0 Å². The Morgan fingerprint density at radius 2 is 1.62 bits per heavy atom. The molecule has 1 heterocycles. The number of anilines is 1. The highest BCUT2D eigenvalue weighted by Gasteiger charge is 2.32. The van der Waals surface area contributed by atoms with Crippen LogP contribution in [0.4, 0.5) is 10.1 Å². The zero-order chi connectivity index (χ0) is 28.1. The molecule has 8 heteroatoms. The highest BCUT2D eigenvalue weighted by Crippen LogP contribution is 2.36. The van der Waals surface area contributed by atoms with E-state index in [-0.39, 0.29) is 12.5 Å². The maximum atomic E-state index is 14.6. The number of nitrogens with zero attached hydrogens (tertiary/aromatic N) is 2. The lowest BCUT2D eigenvalue weighted by atomic mass is 10.1. The van der Waals surface area contributed by atoms with E-state index in [0.717, 1.165) is 19.6 Å². The second-order valence-corrected chi connectivity index (χ2v) is 12.2. The van der Waals surface area contributed by atoms with Gasteiger partial charge in [0, 0.05) is 37.3 Å². The van der Waals surface area contributed by atoms with Crippen LogP contribution in [0.15, 0.2) is 76.5 Å². The van der Waals surface area contributed by atoms with Crippen molar-refractivity contribution in [2.24, 2.45) is 11.8 Å². The van der Waals surface area contributed by atoms with Gasteiger partial charge in [0.15, 0.2) is 0 Å². The van der Waals surface area contributed by atoms with E-state index in [1.54, 1.807) is 60.7 Å². The molecule has 1 N–H and O–H groups in total. The molecule has 39 heavy (non-hydrogen) atoms. The van der Waals surface area contributed by atoms with E-state index < -0.39 is 22.5 Å². The third-order valence-corrected chi connectivity index (χ3v) is 8.02. The van der Waals surface area contributed by atoms with E-state index in [1.807, 2.05) is 0 Å². The van der Waals surface area contributed by atoms with E-state index in [1.165, 1.54) is 11.0 Å². The first kappa shape index (κ1) is 28.6. The summed E-state index contributed by atoms with van der Waals surface area (Å²) in [6, 6.07) is 17.9. The topological polar surface area (TPSA) is 69.7 Å². The molecule has 1 atom stereocenters. The van der Waals surface area contributed by atoms with Gasteiger partial charge in [-0.05, 0) is 48.2 Å². The maximum absolute atomic E-state index is 14.6. The number of hydrogen-bond donors (Lipinski definition) is 1. The molecule has 0 fully saturated rings. The molecule has 0 saturated heterocycles. The minimum atomic E-state index is -1.65. The summed E-state index contributed by atoms with van der Waals surface area (Å²) >= 11 is 0. The Bertz CT molecular complexity index is 1360. The summed E-state index contributed by atoms with van der Waals surface area (Å²) in [7, 11) is -1.65. The fraction of sp³-hybridized carbons (Fsp3) is 0.355. The smallest absolute Gasteiger partial charge is 0.259 e. The van der Waals surface area contributed by atoms with Crippen molar-refractivity contribution in [3.05, 3.63) is 89.2 Å². The molecule has 1 unspecified atom stereocenters. The zero-order valence-corrected chi connectivity index (χ0v) is 23.8. The Balaban J connectivity index is 1.63. The lowest BCUT2D eigenvalue weighted by molar-refractivity contribution is 0.0943. The van der Waals surface area contributed by atoms with Crippen molar-refractivity contribution in [2.45, 2.75) is 44.0 Å². The van der Waals surface area contributed by atoms with Crippen molar-refractivity contribution in [2.75, 3.05) is 31.1 Å². The number of carbonyl (C=O) groups excluding carboxylic acids is 2. The van der Waals surface area contributed by atoms with Crippen molar-refractivity contribution in [3.63, 3.8) is 0 Å². The van der Waals surface area contributed by atoms with Gasteiger partial charge < -0.3 is 15.1 Å². The first-order chi connectivity index (χ1) is 18.7. The molecule has 0 aromatic heterocycles. The zero-order valence-electron chi connectivity index (χ0n) is 22.9. The number of amides is 2. The molecule has 0 saturated carbocycles. The third kappa shape index (κ3) is 6.81. The number of rotatable bonds is 10. The van der Waals surface area contributed by atoms with Crippen LogP contribution in [-0.2, 0) is 17.3 Å². The Morgan fingerprint density at radius 1 is 0.949 bits per heavy atom. The van der Waals surface area contributed by atoms with Crippen molar-refractivity contribution in [3.8, 4) is 0 Å². The number of benzene rings is 3. The largest absolute Gasteiger partial charge is 0.351 e. The number of halogens is 1. The SMILES string of the molecule is CC(C)CN(CCNC(=O)c1ccc2c(c1)N(Cc1ccccc1F)C(=O)c1ccccc1S2=O)CC(C)C. The van der Waals surface area contributed by atoms with E-state index in [9.17, 15) is 18.2 Å². The number of nitrogens with one attached hydrogen (secondary N) is 1. The van der Waals surface area contributed by atoms with Gasteiger partial charge in [-0.1, -0.05) is 58.0 Å². The fourth-order valence-corrected chi connectivity index (χ4v) is 6.22. The van der Waals surface area contributed by atoms with Crippen molar-refractivity contribution < 1.29 is 18.2 Å². The Kier molecular flexibility index (Phi) is 9.30. The van der Waals surface area contributed by atoms with Crippen LogP contribution in [0, 0.1) is 17.7 Å². The molecule has 0 radical (unpaired) electrons. The molecule has 0 aliphatic carbocycles. The van der Waals surface area contributed by atoms with Gasteiger partial charge in [-0.25, -0.2) is 8.60 Å². The molecular weight excluding hydrogens is 513 g/mol. The van der Waals surface area contributed by atoms with Crippen LogP contribution in [0.25, 0.3) is 0 Å². The van der Waals surface area contributed by atoms with Crippen LogP contribution >= 0.6 is 0 Å². The summed E-state index contributed by atoms with van der Waals surface area (Å²) in [6.07, 6.45) is 0. The van der Waals surface area contributed by atoms with Gasteiger partial charge in [0.25, 0.3) is 11.8 Å². The molecule has 3 aromatic carbocycles. The molecule has 1 aliphatic rings. The average Bonchev–Trinajstić information content (AvgIpc) is 2.98. The van der Waals surface area contributed by atoms with Crippen molar-refractivity contribution in [1.82, 2.24) is 10.2 Å². The van der Waals surface area contributed by atoms with E-state index >= 15 is 0 Å². The lowest BCUT2D eigenvalue weighted by Crippen LogP contribution is -2.38. The van der Waals surface area contributed by atoms with Gasteiger partial charge in [0.2, 0.25) is 0 Å². The summed E-state index contributed by atoms with van der Waals surface area (Å²) in [6.45, 7) is 11.8. The van der Waals surface area contributed by atoms with Gasteiger partial charge in [0.05, 0.1) is 38.4 Å². The molecule has 0 bridgehead atoms. The summed E-state index contributed by atoms with van der Waals surface area (Å²) in [5.74, 6) is -0.0695. The Morgan fingerprint density at radius 3 is 2.31 bits per heavy atom. The van der Waals surface area contributed by atoms with Crippen LogP contribution in [0.5, 0.6) is 0 Å². The first-order valence-electron chi connectivity index (χ1n) is 13.4. The Hall–Kier alpha value is -3.36. The number of carbonyl (C=O) groups is 2. The van der Waals surface area contributed by atoms with Gasteiger partial charge in [-0.2, -0.15) is 0 Å². The summed E-state index contributed by atoms with van der Waals surface area (Å²) in [4.78, 5) is 31.5. The predicted octanol–water partition coefficient (Wildman–Crippen LogP) is 5.50. The summed E-state index contributed by atoms with van der Waals surface area (Å²) < 4.78 is 28.2. The van der Waals surface area contributed by atoms with Crippen LogP contribution in [-0.4, -0.2) is 47.1 Å². The second kappa shape index (κ2) is 12.7. The molecule has 0 spiro atoms. The van der Waals surface area contributed by atoms with Crippen LogP contribution in [0.3, 0.4) is 0 Å². The van der Waals surface area contributed by atoms with Gasteiger partial charge in [-0.15, -0.1) is 0 Å². The molecule has 206 valence electrons. The standard InChI is InChI=1S/C31H36FN3O3S/c1-21(2)18-34(19-22(3)4)16-15-33-30(36)23-13-14-29-27(17-23)35(20-24-9-5-7-11-26(24)32)31(37)25-10-6-8-12-28(25)39(29)38/h5-14,17,21-22H,15-16,18-20H2,1-4H3,(H,33,36). The molecule has 1 aliphatic heterocycles. The van der Waals surface area contributed by atoms with Crippen molar-refractivity contribution >= 4 is 28.3 Å². The van der Waals surface area contributed by atoms with E-state index in [4.69, 9.17) is 0 Å². The number of fused-ring (bicyclic) bond motifs is 2. The maximum Gasteiger partial charge on any atom is 0.259 e. The van der Waals surface area contributed by atoms with Gasteiger partial charge in [-0.3, -0.25) is 9.59 Å². The summed E-state index contributed by atoms with van der Waals surface area (Å²) in [5.41, 5.74) is 1.31. The summed E-state index contributed by atoms with van der Waals surface area (Å²) in [5, 5.41) is 2.99. The quantitative estimate of drug-likeness (QED) is 0.363. The molecule has 4 rings (SSSR count). The molecule has 2 amide bonds. The minimum Gasteiger partial charge on any atom is -0.351 e. The van der Waals surface area contributed by atoms with E-state index in [2.05, 4.69) is 37.9 Å². The fourth-order valence-electron chi connectivity index (χ4n) is 4.88. The average molecular weight is 550 g/mol. The molecular formula is C31H36FN3O3S. The van der Waals surface area contributed by atoms with Crippen LogP contribution in [0.1, 0.15) is 54.0 Å². The first-order valence-corrected chi connectivity index (χ1v) is 14.5. The van der Waals surface area contributed by atoms with E-state index in [0.29, 0.717) is 50.5 Å². The lowest BCUT2D eigenvalue weighted by Gasteiger charge is -2.26. The van der Waals surface area contributed by atoms with Gasteiger partial charge in [0.1, 0.15) is 5.82 Å². The monoisotopic (exact) mass is 549 g/mol. The van der Waals surface area contributed by atoms with Crippen LogP contribution < -0.4 is 10.2 Å². The normalized spacial score (nSPS) is 14.9. The van der Waals surface area contributed by atoms with Crippen molar-refractivity contribution in [1.29, 1.82) is 0 Å². The minimum absolute atomic E-state index is 0.0610. The predicted molar refractivity (Wildman–Crippen MR) is 153 cm³/mol. The Labute approximate surface area is 232 Å². The molecule has 6 nitrogen and oxygen atoms in total. The molecule has 3 aromatic rings.